The fourth-order valence-electron chi connectivity index (χ4n) is 4.01. The van der Waals surface area contributed by atoms with Crippen LogP contribution in [0.2, 0.25) is 0 Å². The van der Waals surface area contributed by atoms with E-state index < -0.39 is 6.10 Å². The van der Waals surface area contributed by atoms with Crippen molar-refractivity contribution >= 4 is 5.69 Å². The zero-order chi connectivity index (χ0) is 23.0. The van der Waals surface area contributed by atoms with Crippen LogP contribution in [0.15, 0.2) is 52.9 Å². The highest BCUT2D eigenvalue weighted by Gasteiger charge is 2.21. The van der Waals surface area contributed by atoms with Gasteiger partial charge in [-0.15, -0.1) is 10.2 Å². The molecule has 2 aromatic carbocycles. The summed E-state index contributed by atoms with van der Waals surface area (Å²) in [6.07, 6.45) is 1.15. The summed E-state index contributed by atoms with van der Waals surface area (Å²) in [5, 5.41) is 18.7. The third kappa shape index (κ3) is 6.03. The molecule has 1 fully saturated rings. The van der Waals surface area contributed by atoms with Crippen LogP contribution in [-0.4, -0.2) is 72.7 Å². The molecular weight excluding hydrogens is 420 g/mol. The molecule has 1 aliphatic rings. The summed E-state index contributed by atoms with van der Waals surface area (Å²) in [7, 11) is 1.70. The number of ether oxygens (including phenoxy) is 2. The lowest BCUT2D eigenvalue weighted by atomic mass is 10.2. The van der Waals surface area contributed by atoms with Gasteiger partial charge in [-0.1, -0.05) is 25.1 Å². The number of methoxy groups -OCH3 is 1. The predicted molar refractivity (Wildman–Crippen MR) is 127 cm³/mol. The summed E-state index contributed by atoms with van der Waals surface area (Å²) < 4.78 is 17.0. The van der Waals surface area contributed by atoms with Gasteiger partial charge in [-0.3, -0.25) is 4.90 Å². The van der Waals surface area contributed by atoms with Gasteiger partial charge >= 0.3 is 0 Å². The number of para-hydroxylation sites is 2. The van der Waals surface area contributed by atoms with E-state index in [1.165, 1.54) is 0 Å². The number of nitrogens with zero attached hydrogens (tertiary/aromatic N) is 4. The number of aliphatic hydroxyl groups is 1. The van der Waals surface area contributed by atoms with Crippen molar-refractivity contribution in [3.63, 3.8) is 0 Å². The van der Waals surface area contributed by atoms with Gasteiger partial charge < -0.3 is 23.9 Å². The van der Waals surface area contributed by atoms with Crippen LogP contribution in [0.3, 0.4) is 0 Å². The first-order valence-corrected chi connectivity index (χ1v) is 11.5. The molecule has 1 unspecified atom stereocenters. The fourth-order valence-corrected chi connectivity index (χ4v) is 4.01. The van der Waals surface area contributed by atoms with E-state index in [0.717, 1.165) is 56.0 Å². The topological polar surface area (TPSA) is 84.1 Å². The maximum atomic E-state index is 10.5. The van der Waals surface area contributed by atoms with Gasteiger partial charge in [0.2, 0.25) is 11.8 Å². The second-order valence-electron chi connectivity index (χ2n) is 8.20. The average molecular weight is 453 g/mol. The molecule has 0 radical (unpaired) electrons. The van der Waals surface area contributed by atoms with Crippen molar-refractivity contribution in [1.29, 1.82) is 0 Å². The van der Waals surface area contributed by atoms with E-state index in [-0.39, 0.29) is 6.61 Å². The Morgan fingerprint density at radius 2 is 1.88 bits per heavy atom. The Labute approximate surface area is 194 Å². The number of aromatic nitrogens is 2. The quantitative estimate of drug-likeness (QED) is 0.502. The molecule has 176 valence electrons. The third-order valence-corrected chi connectivity index (χ3v) is 5.72. The Hall–Kier alpha value is -3.10. The normalized spacial score (nSPS) is 15.4. The minimum Gasteiger partial charge on any atom is -0.495 e. The molecule has 0 bridgehead atoms. The van der Waals surface area contributed by atoms with E-state index in [1.807, 2.05) is 42.5 Å². The van der Waals surface area contributed by atoms with Crippen LogP contribution in [0.5, 0.6) is 11.5 Å². The SMILES string of the molecule is CCCc1nnc(-c2cccc(OCC(O)CN3CCN(c4ccccc4OC)CC3)c2)o1. The van der Waals surface area contributed by atoms with E-state index in [4.69, 9.17) is 13.9 Å². The molecule has 33 heavy (non-hydrogen) atoms. The lowest BCUT2D eigenvalue weighted by molar-refractivity contribution is 0.0663. The minimum atomic E-state index is -0.578. The molecule has 0 saturated carbocycles. The largest absolute Gasteiger partial charge is 0.495 e. The smallest absolute Gasteiger partial charge is 0.247 e. The first-order valence-electron chi connectivity index (χ1n) is 11.5. The standard InChI is InChI=1S/C25H32N4O4/c1-3-7-24-26-27-25(33-24)19-8-6-9-21(16-19)32-18-20(30)17-28-12-14-29(15-13-28)22-10-4-5-11-23(22)31-2/h4-6,8-11,16,20,30H,3,7,12-15,17-18H2,1-2H3. The highest BCUT2D eigenvalue weighted by molar-refractivity contribution is 5.58. The lowest BCUT2D eigenvalue weighted by Gasteiger charge is -2.37. The van der Waals surface area contributed by atoms with E-state index >= 15 is 0 Å². The van der Waals surface area contributed by atoms with Crippen LogP contribution in [0.1, 0.15) is 19.2 Å². The molecule has 0 amide bonds. The molecule has 3 aromatic rings. The zero-order valence-corrected chi connectivity index (χ0v) is 19.3. The van der Waals surface area contributed by atoms with Gasteiger partial charge in [0.1, 0.15) is 24.2 Å². The fraction of sp³-hybridized carbons (Fsp3) is 0.440. The van der Waals surface area contributed by atoms with Crippen molar-refractivity contribution in [3.8, 4) is 23.0 Å². The molecular formula is C25H32N4O4. The van der Waals surface area contributed by atoms with Crippen LogP contribution < -0.4 is 14.4 Å². The molecule has 1 aromatic heterocycles. The van der Waals surface area contributed by atoms with Crippen molar-refractivity contribution in [2.24, 2.45) is 0 Å². The number of rotatable bonds is 10. The first-order chi connectivity index (χ1) is 16.2. The van der Waals surface area contributed by atoms with Crippen LogP contribution in [0.4, 0.5) is 5.69 Å². The van der Waals surface area contributed by atoms with Crippen LogP contribution in [-0.2, 0) is 6.42 Å². The van der Waals surface area contributed by atoms with Gasteiger partial charge in [0.25, 0.3) is 0 Å². The Balaban J connectivity index is 1.25. The summed E-state index contributed by atoms with van der Waals surface area (Å²) in [6.45, 7) is 6.40. The molecule has 1 aliphatic heterocycles. The molecule has 1 N–H and O–H groups in total. The van der Waals surface area contributed by atoms with Crippen molar-refractivity contribution < 1.29 is 19.0 Å². The predicted octanol–water partition coefficient (Wildman–Crippen LogP) is 3.26. The number of β-amino-alcohol motifs (C(OH)–C–C–N with tert-alkyl or cyclic N) is 1. The van der Waals surface area contributed by atoms with Gasteiger partial charge in [-0.2, -0.15) is 0 Å². The Morgan fingerprint density at radius 3 is 2.67 bits per heavy atom. The maximum Gasteiger partial charge on any atom is 0.247 e. The summed E-state index contributed by atoms with van der Waals surface area (Å²) >= 11 is 0. The Morgan fingerprint density at radius 1 is 1.06 bits per heavy atom. The molecule has 0 aliphatic carbocycles. The van der Waals surface area contributed by atoms with E-state index in [9.17, 15) is 5.11 Å². The van der Waals surface area contributed by atoms with Crippen molar-refractivity contribution in [2.45, 2.75) is 25.9 Å². The Bertz CT molecular complexity index is 1020. The number of anilines is 1. The molecule has 8 nitrogen and oxygen atoms in total. The minimum absolute atomic E-state index is 0.223. The zero-order valence-electron chi connectivity index (χ0n) is 19.3. The van der Waals surface area contributed by atoms with Crippen LogP contribution >= 0.6 is 0 Å². The summed E-state index contributed by atoms with van der Waals surface area (Å²) in [5.74, 6) is 2.68. The number of hydrogen-bond acceptors (Lipinski definition) is 8. The molecule has 8 heteroatoms. The van der Waals surface area contributed by atoms with Gasteiger partial charge in [0.05, 0.1) is 12.8 Å². The van der Waals surface area contributed by atoms with Gasteiger partial charge in [0.15, 0.2) is 0 Å². The number of aryl methyl sites for hydroxylation is 1. The van der Waals surface area contributed by atoms with Crippen LogP contribution in [0, 0.1) is 0 Å². The van der Waals surface area contributed by atoms with Gasteiger partial charge in [-0.05, 0) is 36.8 Å². The van der Waals surface area contributed by atoms with E-state index in [2.05, 4.69) is 33.0 Å². The second-order valence-corrected chi connectivity index (χ2v) is 8.20. The second kappa shape index (κ2) is 11.2. The number of aliphatic hydroxyl groups excluding tert-OH is 1. The highest BCUT2D eigenvalue weighted by Crippen LogP contribution is 2.28. The summed E-state index contributed by atoms with van der Waals surface area (Å²) in [4.78, 5) is 4.59. The van der Waals surface area contributed by atoms with Crippen molar-refractivity contribution in [2.75, 3.05) is 51.3 Å². The Kier molecular flexibility index (Phi) is 7.80. The molecule has 4 rings (SSSR count). The summed E-state index contributed by atoms with van der Waals surface area (Å²) in [6, 6.07) is 15.6. The summed E-state index contributed by atoms with van der Waals surface area (Å²) in [5.41, 5.74) is 1.93. The number of hydrogen-bond donors (Lipinski definition) is 1. The van der Waals surface area contributed by atoms with E-state index in [1.54, 1.807) is 7.11 Å². The van der Waals surface area contributed by atoms with E-state index in [0.29, 0.717) is 24.1 Å². The molecule has 0 spiro atoms. The van der Waals surface area contributed by atoms with Crippen molar-refractivity contribution in [3.05, 3.63) is 54.4 Å². The van der Waals surface area contributed by atoms with Crippen LogP contribution in [0.25, 0.3) is 11.5 Å². The maximum absolute atomic E-state index is 10.5. The van der Waals surface area contributed by atoms with Crippen molar-refractivity contribution in [1.82, 2.24) is 15.1 Å². The average Bonchev–Trinajstić information content (AvgIpc) is 3.32. The number of benzene rings is 2. The molecule has 1 saturated heterocycles. The van der Waals surface area contributed by atoms with Gasteiger partial charge in [-0.25, -0.2) is 0 Å². The first kappa shape index (κ1) is 23.1. The van der Waals surface area contributed by atoms with Gasteiger partial charge in [0, 0.05) is 44.7 Å². The third-order valence-electron chi connectivity index (χ3n) is 5.72. The molecule has 2 heterocycles. The monoisotopic (exact) mass is 452 g/mol. The molecule has 1 atom stereocenters. The highest BCUT2D eigenvalue weighted by atomic mass is 16.5. The number of piperazine rings is 1. The lowest BCUT2D eigenvalue weighted by Crippen LogP contribution is -2.49.